The summed E-state index contributed by atoms with van der Waals surface area (Å²) >= 11 is 0. The molecule has 2 rings (SSSR count). The highest BCUT2D eigenvalue weighted by atomic mass is 15.2. The van der Waals surface area contributed by atoms with Crippen molar-refractivity contribution in [2.45, 2.75) is 19.9 Å². The molecular weight excluding hydrogens is 166 g/mol. The van der Waals surface area contributed by atoms with Gasteiger partial charge in [0.1, 0.15) is 17.6 Å². The summed E-state index contributed by atoms with van der Waals surface area (Å²) < 4.78 is 0. The maximum absolute atomic E-state index is 4.16. The van der Waals surface area contributed by atoms with Crippen molar-refractivity contribution in [2.24, 2.45) is 15.2 Å². The molecule has 1 aromatic heterocycles. The Hall–Kier alpha value is -1.65. The second-order valence-corrected chi connectivity index (χ2v) is 2.86. The van der Waals surface area contributed by atoms with Gasteiger partial charge in [-0.3, -0.25) is 0 Å². The predicted molar refractivity (Wildman–Crippen MR) is 48.9 cm³/mol. The van der Waals surface area contributed by atoms with E-state index >= 15 is 0 Å². The first kappa shape index (κ1) is 7.97. The van der Waals surface area contributed by atoms with E-state index in [4.69, 9.17) is 0 Å². The van der Waals surface area contributed by atoms with Crippen LogP contribution in [0.3, 0.4) is 0 Å². The Bertz CT molecular complexity index is 382. The van der Waals surface area contributed by atoms with Crippen LogP contribution >= 0.6 is 0 Å². The average Bonchev–Trinajstić information content (AvgIpc) is 2.29. The SMILES string of the molecule is Cc1ncc2c(n1)N=CC(C)N=N2. The standard InChI is InChI=1S/C8H9N5/c1-5-3-10-8-7(13-12-5)4-9-6(2)11-8/h3-5H,1-2H3. The minimum absolute atomic E-state index is 0.00880. The van der Waals surface area contributed by atoms with E-state index in [1.165, 1.54) is 0 Å². The minimum Gasteiger partial charge on any atom is -0.239 e. The van der Waals surface area contributed by atoms with Crippen molar-refractivity contribution >= 4 is 17.7 Å². The minimum atomic E-state index is 0.00880. The number of hydrogen-bond acceptors (Lipinski definition) is 5. The van der Waals surface area contributed by atoms with Gasteiger partial charge < -0.3 is 0 Å². The van der Waals surface area contributed by atoms with Gasteiger partial charge in [0.25, 0.3) is 0 Å². The molecule has 1 unspecified atom stereocenters. The summed E-state index contributed by atoms with van der Waals surface area (Å²) in [7, 11) is 0. The van der Waals surface area contributed by atoms with Crippen LogP contribution in [0.15, 0.2) is 21.4 Å². The summed E-state index contributed by atoms with van der Waals surface area (Å²) in [5.41, 5.74) is 0.631. The molecule has 5 heteroatoms. The van der Waals surface area contributed by atoms with Gasteiger partial charge in [0.05, 0.1) is 6.20 Å². The molecular formula is C8H9N5. The zero-order valence-corrected chi connectivity index (χ0v) is 7.47. The van der Waals surface area contributed by atoms with Crippen LogP contribution in [0, 0.1) is 6.92 Å². The summed E-state index contributed by atoms with van der Waals surface area (Å²) in [4.78, 5) is 12.3. The van der Waals surface area contributed by atoms with Crippen LogP contribution in [-0.2, 0) is 0 Å². The molecule has 0 radical (unpaired) electrons. The Morgan fingerprint density at radius 2 is 2.23 bits per heavy atom. The van der Waals surface area contributed by atoms with Crippen LogP contribution in [-0.4, -0.2) is 22.2 Å². The van der Waals surface area contributed by atoms with Crippen molar-refractivity contribution in [1.29, 1.82) is 0 Å². The molecule has 5 nitrogen and oxygen atoms in total. The number of azo groups is 1. The predicted octanol–water partition coefficient (Wildman–Crippen LogP) is 1.97. The van der Waals surface area contributed by atoms with Crippen LogP contribution in [0.1, 0.15) is 12.7 Å². The van der Waals surface area contributed by atoms with E-state index in [9.17, 15) is 0 Å². The molecule has 1 aromatic rings. The normalized spacial score (nSPS) is 19.7. The highest BCUT2D eigenvalue weighted by Crippen LogP contribution is 2.26. The molecule has 0 N–H and O–H groups in total. The van der Waals surface area contributed by atoms with Crippen LogP contribution in [0.2, 0.25) is 0 Å². The Balaban J connectivity index is 2.53. The van der Waals surface area contributed by atoms with Gasteiger partial charge in [-0.2, -0.15) is 5.11 Å². The third kappa shape index (κ3) is 1.58. The number of hydrogen-bond donors (Lipinski definition) is 0. The smallest absolute Gasteiger partial charge is 0.183 e. The van der Waals surface area contributed by atoms with Crippen LogP contribution in [0.4, 0.5) is 11.5 Å². The molecule has 0 amide bonds. The molecule has 1 aliphatic rings. The van der Waals surface area contributed by atoms with E-state index in [-0.39, 0.29) is 6.04 Å². The molecule has 0 fully saturated rings. The second-order valence-electron chi connectivity index (χ2n) is 2.86. The fourth-order valence-electron chi connectivity index (χ4n) is 0.979. The molecule has 0 aliphatic carbocycles. The first-order valence-electron chi connectivity index (χ1n) is 4.04. The van der Waals surface area contributed by atoms with Crippen molar-refractivity contribution in [2.75, 3.05) is 0 Å². The summed E-state index contributed by atoms with van der Waals surface area (Å²) in [5, 5.41) is 7.97. The lowest BCUT2D eigenvalue weighted by atomic mass is 10.4. The lowest BCUT2D eigenvalue weighted by molar-refractivity contribution is 0.911. The van der Waals surface area contributed by atoms with Crippen LogP contribution in [0.25, 0.3) is 0 Å². The maximum Gasteiger partial charge on any atom is 0.183 e. The van der Waals surface area contributed by atoms with Crippen molar-refractivity contribution in [3.8, 4) is 0 Å². The topological polar surface area (TPSA) is 62.9 Å². The molecule has 0 saturated heterocycles. The van der Waals surface area contributed by atoms with Gasteiger partial charge in [-0.1, -0.05) is 0 Å². The van der Waals surface area contributed by atoms with Gasteiger partial charge in [0.2, 0.25) is 0 Å². The first-order valence-corrected chi connectivity index (χ1v) is 4.04. The average molecular weight is 175 g/mol. The third-order valence-electron chi connectivity index (χ3n) is 1.63. The number of aliphatic imine (C=N–C) groups is 1. The van der Waals surface area contributed by atoms with E-state index in [0.717, 1.165) is 0 Å². The van der Waals surface area contributed by atoms with Gasteiger partial charge >= 0.3 is 0 Å². The van der Waals surface area contributed by atoms with Gasteiger partial charge in [0, 0.05) is 6.21 Å². The zero-order chi connectivity index (χ0) is 9.26. The number of rotatable bonds is 0. The number of nitrogens with zero attached hydrogens (tertiary/aromatic N) is 5. The maximum atomic E-state index is 4.16. The Morgan fingerprint density at radius 1 is 1.38 bits per heavy atom. The molecule has 0 spiro atoms. The monoisotopic (exact) mass is 175 g/mol. The summed E-state index contributed by atoms with van der Waals surface area (Å²) in [6, 6.07) is 0.00880. The molecule has 2 heterocycles. The fourth-order valence-corrected chi connectivity index (χ4v) is 0.979. The lowest BCUT2D eigenvalue weighted by Crippen LogP contribution is -1.95. The molecule has 0 aromatic carbocycles. The zero-order valence-electron chi connectivity index (χ0n) is 7.47. The van der Waals surface area contributed by atoms with E-state index in [1.807, 2.05) is 13.8 Å². The van der Waals surface area contributed by atoms with Crippen molar-refractivity contribution < 1.29 is 0 Å². The van der Waals surface area contributed by atoms with Gasteiger partial charge in [-0.25, -0.2) is 15.0 Å². The van der Waals surface area contributed by atoms with Crippen LogP contribution in [0.5, 0.6) is 0 Å². The van der Waals surface area contributed by atoms with E-state index in [1.54, 1.807) is 12.4 Å². The molecule has 13 heavy (non-hydrogen) atoms. The summed E-state index contributed by atoms with van der Waals surface area (Å²) in [6.07, 6.45) is 3.36. The largest absolute Gasteiger partial charge is 0.239 e. The van der Waals surface area contributed by atoms with E-state index in [0.29, 0.717) is 17.3 Å². The number of fused-ring (bicyclic) bond motifs is 1. The highest BCUT2D eigenvalue weighted by molar-refractivity contribution is 5.72. The second kappa shape index (κ2) is 3.01. The number of aromatic nitrogens is 2. The fraction of sp³-hybridized carbons (Fsp3) is 0.375. The summed E-state index contributed by atoms with van der Waals surface area (Å²) in [6.45, 7) is 3.74. The molecule has 0 bridgehead atoms. The Morgan fingerprint density at radius 3 is 3.08 bits per heavy atom. The Kier molecular flexibility index (Phi) is 1.84. The number of aryl methyl sites for hydroxylation is 1. The van der Waals surface area contributed by atoms with Crippen LogP contribution < -0.4 is 0 Å². The van der Waals surface area contributed by atoms with Crippen molar-refractivity contribution in [3.63, 3.8) is 0 Å². The molecule has 66 valence electrons. The molecule has 0 saturated carbocycles. The molecule has 1 atom stereocenters. The molecule has 1 aliphatic heterocycles. The quantitative estimate of drug-likeness (QED) is 0.605. The first-order chi connectivity index (χ1) is 6.25. The van der Waals surface area contributed by atoms with Crippen molar-refractivity contribution in [1.82, 2.24) is 9.97 Å². The van der Waals surface area contributed by atoms with Gasteiger partial charge in [-0.05, 0) is 13.8 Å². The lowest BCUT2D eigenvalue weighted by Gasteiger charge is -1.95. The van der Waals surface area contributed by atoms with Crippen molar-refractivity contribution in [3.05, 3.63) is 12.0 Å². The van der Waals surface area contributed by atoms with Gasteiger partial charge in [-0.15, -0.1) is 5.11 Å². The van der Waals surface area contributed by atoms with E-state index in [2.05, 4.69) is 25.2 Å². The summed E-state index contributed by atoms with van der Waals surface area (Å²) in [5.74, 6) is 1.29. The van der Waals surface area contributed by atoms with Gasteiger partial charge in [0.15, 0.2) is 5.82 Å². The van der Waals surface area contributed by atoms with E-state index < -0.39 is 0 Å². The third-order valence-corrected chi connectivity index (χ3v) is 1.63. The Labute approximate surface area is 75.7 Å². The highest BCUT2D eigenvalue weighted by Gasteiger charge is 2.07.